The molecule has 0 saturated heterocycles. The molecular formula is C10H11Br2Cl2NO. The Bertz CT molecular complexity index is 388. The molecule has 1 aromatic rings. The standard InChI is InChI=1S/C10H11Br2Cl2NO/c1-5-2-7(11)9(14)8(12)10(5)15-4-6(16)3-13/h2,6,15-16H,3-4H2,1H3. The van der Waals surface area contributed by atoms with Crippen LogP contribution < -0.4 is 5.32 Å². The van der Waals surface area contributed by atoms with Gasteiger partial charge in [0.25, 0.3) is 0 Å². The van der Waals surface area contributed by atoms with Gasteiger partial charge < -0.3 is 10.4 Å². The van der Waals surface area contributed by atoms with Gasteiger partial charge in [-0.15, -0.1) is 11.6 Å². The average Bonchev–Trinajstić information content (AvgIpc) is 2.25. The third-order valence-corrected chi connectivity index (χ3v) is 4.68. The van der Waals surface area contributed by atoms with Crippen LogP contribution in [0.1, 0.15) is 5.56 Å². The number of anilines is 1. The van der Waals surface area contributed by atoms with Crippen molar-refractivity contribution in [2.45, 2.75) is 13.0 Å². The molecule has 2 N–H and O–H groups in total. The average molecular weight is 392 g/mol. The third kappa shape index (κ3) is 3.50. The Hall–Kier alpha value is 0.520. The van der Waals surface area contributed by atoms with E-state index in [4.69, 9.17) is 23.2 Å². The van der Waals surface area contributed by atoms with E-state index in [1.54, 1.807) is 0 Å². The fourth-order valence-corrected chi connectivity index (χ4v) is 2.94. The van der Waals surface area contributed by atoms with Gasteiger partial charge >= 0.3 is 0 Å². The van der Waals surface area contributed by atoms with E-state index in [-0.39, 0.29) is 5.88 Å². The number of halogens is 4. The van der Waals surface area contributed by atoms with Crippen LogP contribution in [0.5, 0.6) is 0 Å². The molecule has 0 aliphatic carbocycles. The van der Waals surface area contributed by atoms with E-state index >= 15 is 0 Å². The molecule has 0 aliphatic heterocycles. The molecule has 2 nitrogen and oxygen atoms in total. The minimum atomic E-state index is -0.574. The molecule has 0 aliphatic rings. The smallest absolute Gasteiger partial charge is 0.0847 e. The van der Waals surface area contributed by atoms with Crippen molar-refractivity contribution in [1.82, 2.24) is 0 Å². The molecule has 0 saturated carbocycles. The molecule has 1 aromatic carbocycles. The van der Waals surface area contributed by atoms with Crippen molar-refractivity contribution in [2.75, 3.05) is 17.7 Å². The van der Waals surface area contributed by atoms with E-state index in [0.717, 1.165) is 20.2 Å². The predicted molar refractivity (Wildman–Crippen MR) is 76.8 cm³/mol. The summed E-state index contributed by atoms with van der Waals surface area (Å²) in [6.45, 7) is 2.35. The first-order valence-corrected chi connectivity index (χ1v) is 7.09. The van der Waals surface area contributed by atoms with Gasteiger partial charge in [-0.2, -0.15) is 0 Å². The van der Waals surface area contributed by atoms with Crippen LogP contribution in [0.15, 0.2) is 15.0 Å². The Balaban J connectivity index is 2.92. The lowest BCUT2D eigenvalue weighted by Crippen LogP contribution is -2.21. The van der Waals surface area contributed by atoms with E-state index in [0.29, 0.717) is 11.6 Å². The third-order valence-electron chi connectivity index (χ3n) is 2.05. The number of benzene rings is 1. The van der Waals surface area contributed by atoms with Crippen molar-refractivity contribution in [3.8, 4) is 0 Å². The number of aryl methyl sites for hydroxylation is 1. The van der Waals surface area contributed by atoms with Crippen LogP contribution in [0.2, 0.25) is 5.02 Å². The zero-order valence-corrected chi connectivity index (χ0v) is 13.2. The second-order valence-electron chi connectivity index (χ2n) is 3.37. The number of aliphatic hydroxyl groups is 1. The fraction of sp³-hybridized carbons (Fsp3) is 0.400. The monoisotopic (exact) mass is 389 g/mol. The van der Waals surface area contributed by atoms with E-state index in [2.05, 4.69) is 37.2 Å². The zero-order chi connectivity index (χ0) is 12.3. The molecule has 6 heteroatoms. The molecule has 1 unspecified atom stereocenters. The van der Waals surface area contributed by atoms with Gasteiger partial charge in [0, 0.05) is 11.0 Å². The van der Waals surface area contributed by atoms with Gasteiger partial charge in [0.1, 0.15) is 0 Å². The molecule has 90 valence electrons. The molecule has 0 bridgehead atoms. The van der Waals surface area contributed by atoms with Gasteiger partial charge in [-0.1, -0.05) is 11.6 Å². The van der Waals surface area contributed by atoms with E-state index < -0.39 is 6.10 Å². The maximum Gasteiger partial charge on any atom is 0.0847 e. The van der Waals surface area contributed by atoms with Crippen molar-refractivity contribution in [1.29, 1.82) is 0 Å². The zero-order valence-electron chi connectivity index (χ0n) is 8.53. The van der Waals surface area contributed by atoms with Crippen molar-refractivity contribution in [2.24, 2.45) is 0 Å². The summed E-state index contributed by atoms with van der Waals surface area (Å²) in [6, 6.07) is 1.92. The molecular weight excluding hydrogens is 381 g/mol. The van der Waals surface area contributed by atoms with Crippen molar-refractivity contribution >= 4 is 60.7 Å². The molecule has 0 radical (unpaired) electrons. The molecule has 1 atom stereocenters. The van der Waals surface area contributed by atoms with Crippen molar-refractivity contribution in [3.05, 3.63) is 25.6 Å². The predicted octanol–water partition coefficient (Wildman–Crippen LogP) is 4.19. The highest BCUT2D eigenvalue weighted by Gasteiger charge is 2.12. The van der Waals surface area contributed by atoms with Gasteiger partial charge in [0.05, 0.1) is 27.2 Å². The Morgan fingerprint density at radius 3 is 2.69 bits per heavy atom. The lowest BCUT2D eigenvalue weighted by Gasteiger charge is -2.15. The summed E-state index contributed by atoms with van der Waals surface area (Å²) in [5, 5.41) is 13.1. The first-order chi connectivity index (χ1) is 7.47. The van der Waals surface area contributed by atoms with Crippen molar-refractivity contribution in [3.63, 3.8) is 0 Å². The minimum Gasteiger partial charge on any atom is -0.390 e. The van der Waals surface area contributed by atoms with E-state index in [1.807, 2.05) is 13.0 Å². The topological polar surface area (TPSA) is 32.3 Å². The minimum absolute atomic E-state index is 0.202. The summed E-state index contributed by atoms with van der Waals surface area (Å²) >= 11 is 18.4. The number of rotatable bonds is 4. The number of nitrogens with one attached hydrogen (secondary N) is 1. The molecule has 0 spiro atoms. The van der Waals surface area contributed by atoms with Crippen LogP contribution in [-0.2, 0) is 0 Å². The van der Waals surface area contributed by atoms with Gasteiger partial charge in [-0.25, -0.2) is 0 Å². The number of hydrogen-bond acceptors (Lipinski definition) is 2. The van der Waals surface area contributed by atoms with E-state index in [1.165, 1.54) is 0 Å². The van der Waals surface area contributed by atoms with Crippen molar-refractivity contribution < 1.29 is 5.11 Å². The summed E-state index contributed by atoms with van der Waals surface area (Å²) in [6.07, 6.45) is -0.574. The fourth-order valence-electron chi connectivity index (χ4n) is 1.20. The summed E-state index contributed by atoms with van der Waals surface area (Å²) in [5.74, 6) is 0.202. The number of hydrogen-bond donors (Lipinski definition) is 2. The highest BCUT2D eigenvalue weighted by Crippen LogP contribution is 2.38. The van der Waals surface area contributed by atoms with Crippen LogP contribution in [0, 0.1) is 6.92 Å². The molecule has 0 aromatic heterocycles. The summed E-state index contributed by atoms with van der Waals surface area (Å²) < 4.78 is 1.62. The summed E-state index contributed by atoms with van der Waals surface area (Å²) in [4.78, 5) is 0. The normalized spacial score (nSPS) is 12.6. The second kappa shape index (κ2) is 6.45. The number of aliphatic hydroxyl groups excluding tert-OH is 1. The summed E-state index contributed by atoms with van der Waals surface area (Å²) in [5.41, 5.74) is 1.90. The SMILES string of the molecule is Cc1cc(Br)c(Cl)c(Br)c1NCC(O)CCl. The molecule has 0 amide bonds. The maximum atomic E-state index is 9.37. The van der Waals surface area contributed by atoms with Crippen LogP contribution in [0.4, 0.5) is 5.69 Å². The Kier molecular flexibility index (Phi) is 5.88. The maximum absolute atomic E-state index is 9.37. The first kappa shape index (κ1) is 14.6. The highest BCUT2D eigenvalue weighted by atomic mass is 79.9. The molecule has 1 rings (SSSR count). The highest BCUT2D eigenvalue weighted by molar-refractivity contribution is 9.11. The van der Waals surface area contributed by atoms with Crippen LogP contribution in [-0.4, -0.2) is 23.6 Å². The van der Waals surface area contributed by atoms with Gasteiger partial charge in [0.15, 0.2) is 0 Å². The Morgan fingerprint density at radius 1 is 1.50 bits per heavy atom. The van der Waals surface area contributed by atoms with Gasteiger partial charge in [0.2, 0.25) is 0 Å². The van der Waals surface area contributed by atoms with Crippen LogP contribution in [0.25, 0.3) is 0 Å². The lowest BCUT2D eigenvalue weighted by atomic mass is 10.2. The van der Waals surface area contributed by atoms with Crippen LogP contribution in [0.3, 0.4) is 0 Å². The van der Waals surface area contributed by atoms with Gasteiger partial charge in [-0.05, 0) is 50.4 Å². The van der Waals surface area contributed by atoms with E-state index in [9.17, 15) is 5.11 Å². The molecule has 16 heavy (non-hydrogen) atoms. The Morgan fingerprint density at radius 2 is 2.12 bits per heavy atom. The quantitative estimate of drug-likeness (QED) is 0.596. The van der Waals surface area contributed by atoms with Gasteiger partial charge in [-0.3, -0.25) is 0 Å². The lowest BCUT2D eigenvalue weighted by molar-refractivity contribution is 0.211. The Labute approximate surface area is 122 Å². The first-order valence-electron chi connectivity index (χ1n) is 4.59. The second-order valence-corrected chi connectivity index (χ2v) is 5.70. The largest absolute Gasteiger partial charge is 0.390 e. The molecule has 0 heterocycles. The number of alkyl halides is 1. The molecule has 0 fully saturated rings. The summed E-state index contributed by atoms with van der Waals surface area (Å²) in [7, 11) is 0. The van der Waals surface area contributed by atoms with Crippen LogP contribution >= 0.6 is 55.1 Å².